The Labute approximate surface area is 155 Å². The standard InChI is InChI=1S/C19H23ClN2O2S/c20-18-10-8-17(9-11-18)5-4-12-21-13-15-22(16-14-21)25(23,24)19-6-2-1-3-7-19/h1-3,6-11H,4-5,12-16H2. The highest BCUT2D eigenvalue weighted by atomic mass is 35.5. The minimum atomic E-state index is -3.36. The van der Waals surface area contributed by atoms with Crippen molar-refractivity contribution >= 4 is 21.6 Å². The topological polar surface area (TPSA) is 40.6 Å². The van der Waals surface area contributed by atoms with E-state index in [4.69, 9.17) is 11.6 Å². The fourth-order valence-electron chi connectivity index (χ4n) is 3.09. The Morgan fingerprint density at radius 3 is 2.16 bits per heavy atom. The Balaban J connectivity index is 1.46. The molecule has 0 saturated carbocycles. The van der Waals surface area contributed by atoms with Crippen molar-refractivity contribution < 1.29 is 8.42 Å². The molecule has 2 aromatic carbocycles. The quantitative estimate of drug-likeness (QED) is 0.774. The van der Waals surface area contributed by atoms with Crippen LogP contribution in [0.15, 0.2) is 59.5 Å². The molecule has 6 heteroatoms. The number of nitrogens with zero attached hydrogens (tertiary/aromatic N) is 2. The fourth-order valence-corrected chi connectivity index (χ4v) is 4.66. The van der Waals surface area contributed by atoms with Crippen molar-refractivity contribution in [1.82, 2.24) is 9.21 Å². The van der Waals surface area contributed by atoms with E-state index in [-0.39, 0.29) is 0 Å². The first-order valence-electron chi connectivity index (χ1n) is 8.58. The smallest absolute Gasteiger partial charge is 0.243 e. The van der Waals surface area contributed by atoms with Gasteiger partial charge in [-0.05, 0) is 49.2 Å². The Morgan fingerprint density at radius 2 is 1.52 bits per heavy atom. The number of sulfonamides is 1. The molecule has 1 saturated heterocycles. The first-order chi connectivity index (χ1) is 12.1. The highest BCUT2D eigenvalue weighted by Crippen LogP contribution is 2.17. The number of hydrogen-bond donors (Lipinski definition) is 0. The second-order valence-corrected chi connectivity index (χ2v) is 8.66. The molecular weight excluding hydrogens is 356 g/mol. The third-order valence-corrected chi connectivity index (χ3v) is 6.73. The van der Waals surface area contributed by atoms with E-state index in [0.29, 0.717) is 18.0 Å². The minimum absolute atomic E-state index is 0.381. The summed E-state index contributed by atoms with van der Waals surface area (Å²) in [7, 11) is -3.36. The number of rotatable bonds is 6. The van der Waals surface area contributed by atoms with Gasteiger partial charge in [-0.2, -0.15) is 4.31 Å². The Morgan fingerprint density at radius 1 is 0.880 bits per heavy atom. The number of halogens is 1. The fraction of sp³-hybridized carbons (Fsp3) is 0.368. The first-order valence-corrected chi connectivity index (χ1v) is 10.4. The molecule has 4 nitrogen and oxygen atoms in total. The van der Waals surface area contributed by atoms with E-state index in [2.05, 4.69) is 17.0 Å². The third kappa shape index (κ3) is 4.82. The van der Waals surface area contributed by atoms with Crippen LogP contribution in [0.5, 0.6) is 0 Å². The van der Waals surface area contributed by atoms with Crippen molar-refractivity contribution in [3.8, 4) is 0 Å². The molecule has 0 aromatic heterocycles. The van der Waals surface area contributed by atoms with E-state index in [1.807, 2.05) is 18.2 Å². The van der Waals surface area contributed by atoms with Crippen molar-refractivity contribution in [3.63, 3.8) is 0 Å². The molecule has 134 valence electrons. The minimum Gasteiger partial charge on any atom is -0.301 e. The summed E-state index contributed by atoms with van der Waals surface area (Å²) in [4.78, 5) is 2.72. The van der Waals surface area contributed by atoms with Crippen LogP contribution in [0, 0.1) is 0 Å². The summed E-state index contributed by atoms with van der Waals surface area (Å²) in [5, 5.41) is 0.763. The average molecular weight is 379 g/mol. The van der Waals surface area contributed by atoms with Gasteiger partial charge in [-0.1, -0.05) is 41.9 Å². The molecule has 1 heterocycles. The highest BCUT2D eigenvalue weighted by Gasteiger charge is 2.27. The van der Waals surface area contributed by atoms with Crippen LogP contribution in [-0.4, -0.2) is 50.3 Å². The number of piperazine rings is 1. The van der Waals surface area contributed by atoms with Crippen LogP contribution >= 0.6 is 11.6 Å². The summed E-state index contributed by atoms with van der Waals surface area (Å²) in [6.07, 6.45) is 2.08. The van der Waals surface area contributed by atoms with Gasteiger partial charge in [0.2, 0.25) is 10.0 Å². The predicted molar refractivity (Wildman–Crippen MR) is 101 cm³/mol. The molecule has 0 amide bonds. The van der Waals surface area contributed by atoms with E-state index >= 15 is 0 Å². The SMILES string of the molecule is O=S(=O)(c1ccccc1)N1CCN(CCCc2ccc(Cl)cc2)CC1. The molecular formula is C19H23ClN2O2S. The normalized spacial score (nSPS) is 16.8. The molecule has 1 aliphatic heterocycles. The van der Waals surface area contributed by atoms with Crippen LogP contribution in [0.25, 0.3) is 0 Å². The van der Waals surface area contributed by atoms with Gasteiger partial charge in [0.1, 0.15) is 0 Å². The van der Waals surface area contributed by atoms with Crippen LogP contribution in [0.2, 0.25) is 5.02 Å². The molecule has 2 aromatic rings. The lowest BCUT2D eigenvalue weighted by atomic mass is 10.1. The van der Waals surface area contributed by atoms with Gasteiger partial charge in [-0.15, -0.1) is 0 Å². The largest absolute Gasteiger partial charge is 0.301 e. The molecule has 3 rings (SSSR count). The maximum absolute atomic E-state index is 12.6. The Kier molecular flexibility index (Phi) is 6.12. The molecule has 1 aliphatic rings. The molecule has 1 fully saturated rings. The number of hydrogen-bond acceptors (Lipinski definition) is 3. The molecule has 0 spiro atoms. The van der Waals surface area contributed by atoms with E-state index < -0.39 is 10.0 Å². The summed E-state index contributed by atoms with van der Waals surface area (Å²) in [5.41, 5.74) is 1.29. The van der Waals surface area contributed by atoms with Crippen LogP contribution in [0.4, 0.5) is 0 Å². The highest BCUT2D eigenvalue weighted by molar-refractivity contribution is 7.89. The van der Waals surface area contributed by atoms with E-state index in [1.54, 1.807) is 28.6 Å². The zero-order chi connectivity index (χ0) is 17.7. The van der Waals surface area contributed by atoms with Crippen molar-refractivity contribution in [2.75, 3.05) is 32.7 Å². The van der Waals surface area contributed by atoms with E-state index in [0.717, 1.165) is 37.5 Å². The molecule has 0 radical (unpaired) electrons. The van der Waals surface area contributed by atoms with Gasteiger partial charge in [0.15, 0.2) is 0 Å². The van der Waals surface area contributed by atoms with E-state index in [9.17, 15) is 8.42 Å². The van der Waals surface area contributed by atoms with Gasteiger partial charge in [-0.25, -0.2) is 8.42 Å². The van der Waals surface area contributed by atoms with Crippen LogP contribution in [0.3, 0.4) is 0 Å². The zero-order valence-electron chi connectivity index (χ0n) is 14.1. The molecule has 0 aliphatic carbocycles. The number of benzene rings is 2. The molecule has 25 heavy (non-hydrogen) atoms. The zero-order valence-corrected chi connectivity index (χ0v) is 15.7. The van der Waals surface area contributed by atoms with Crippen molar-refractivity contribution in [1.29, 1.82) is 0 Å². The summed E-state index contributed by atoms with van der Waals surface area (Å²) in [5.74, 6) is 0. The molecule has 0 atom stereocenters. The maximum Gasteiger partial charge on any atom is 0.243 e. The first kappa shape index (κ1) is 18.4. The molecule has 0 N–H and O–H groups in total. The maximum atomic E-state index is 12.6. The monoisotopic (exact) mass is 378 g/mol. The van der Waals surface area contributed by atoms with Gasteiger partial charge in [0.25, 0.3) is 0 Å². The summed E-state index contributed by atoms with van der Waals surface area (Å²) < 4.78 is 26.8. The lowest BCUT2D eigenvalue weighted by Gasteiger charge is -2.34. The van der Waals surface area contributed by atoms with Gasteiger partial charge in [0, 0.05) is 31.2 Å². The second kappa shape index (κ2) is 8.32. The lowest BCUT2D eigenvalue weighted by molar-refractivity contribution is 0.187. The van der Waals surface area contributed by atoms with Crippen molar-refractivity contribution in [3.05, 3.63) is 65.2 Å². The third-order valence-electron chi connectivity index (χ3n) is 4.57. The molecule has 0 unspecified atom stereocenters. The average Bonchev–Trinajstić information content (AvgIpc) is 2.64. The van der Waals surface area contributed by atoms with Crippen LogP contribution in [0.1, 0.15) is 12.0 Å². The van der Waals surface area contributed by atoms with Crippen molar-refractivity contribution in [2.45, 2.75) is 17.7 Å². The Hall–Kier alpha value is -1.40. The van der Waals surface area contributed by atoms with Crippen LogP contribution < -0.4 is 0 Å². The predicted octanol–water partition coefficient (Wildman–Crippen LogP) is 3.28. The Bertz CT molecular complexity index is 771. The molecule has 0 bridgehead atoms. The van der Waals surface area contributed by atoms with Crippen LogP contribution in [-0.2, 0) is 16.4 Å². The summed E-state index contributed by atoms with van der Waals surface area (Å²) >= 11 is 5.90. The van der Waals surface area contributed by atoms with Gasteiger partial charge in [0.05, 0.1) is 4.90 Å². The summed E-state index contributed by atoms with van der Waals surface area (Å²) in [6.45, 7) is 3.66. The van der Waals surface area contributed by atoms with E-state index in [1.165, 1.54) is 5.56 Å². The lowest BCUT2D eigenvalue weighted by Crippen LogP contribution is -2.48. The van der Waals surface area contributed by atoms with Crippen molar-refractivity contribution in [2.24, 2.45) is 0 Å². The van der Waals surface area contributed by atoms with Gasteiger partial charge >= 0.3 is 0 Å². The van der Waals surface area contributed by atoms with Gasteiger partial charge < -0.3 is 4.90 Å². The van der Waals surface area contributed by atoms with Gasteiger partial charge in [-0.3, -0.25) is 0 Å². The second-order valence-electron chi connectivity index (χ2n) is 6.29. The number of aryl methyl sites for hydroxylation is 1. The summed E-state index contributed by atoms with van der Waals surface area (Å²) in [6, 6.07) is 16.6.